The largest absolute Gasteiger partial charge is 0.489 e. The van der Waals surface area contributed by atoms with E-state index in [2.05, 4.69) is 15.5 Å². The number of carboxylic acids is 1. The molecule has 3 aromatic carbocycles. The number of aliphatic carboxylic acids is 1. The van der Waals surface area contributed by atoms with Gasteiger partial charge in [0.2, 0.25) is 0 Å². The van der Waals surface area contributed by atoms with Gasteiger partial charge in [-0.05, 0) is 79.2 Å². The molecule has 2 unspecified atom stereocenters. The number of carbonyl (C=O) groups is 3. The minimum Gasteiger partial charge on any atom is -0.489 e. The van der Waals surface area contributed by atoms with Crippen LogP contribution in [0.5, 0.6) is 5.75 Å². The summed E-state index contributed by atoms with van der Waals surface area (Å²) in [6.07, 6.45) is 1.93. The molecule has 3 aliphatic heterocycles. The summed E-state index contributed by atoms with van der Waals surface area (Å²) < 4.78 is 12.0. The maximum atomic E-state index is 13.1. The van der Waals surface area contributed by atoms with E-state index < -0.39 is 30.1 Å². The van der Waals surface area contributed by atoms with Gasteiger partial charge in [0, 0.05) is 12.1 Å². The van der Waals surface area contributed by atoms with Gasteiger partial charge < -0.3 is 25.2 Å². The smallest absolute Gasteiger partial charge is 0.408 e. The third kappa shape index (κ3) is 7.28. The SMILES string of the molecule is CCC(NC(=O)c1ccc(COc2cccc(C(NC(=O)O[C@H]3CN4CCC3CC4)c3ccccc3)c2)cc1)C(=O)O. The number of amides is 2. The van der Waals surface area contributed by atoms with E-state index in [-0.39, 0.29) is 12.7 Å². The topological polar surface area (TPSA) is 117 Å². The molecule has 3 aliphatic rings. The van der Waals surface area contributed by atoms with Crippen molar-refractivity contribution in [3.8, 4) is 5.75 Å². The second kappa shape index (κ2) is 13.5. The number of carbonyl (C=O) groups excluding carboxylic acids is 2. The Balaban J connectivity index is 1.23. The van der Waals surface area contributed by atoms with E-state index in [0.717, 1.165) is 49.2 Å². The van der Waals surface area contributed by atoms with Crippen molar-refractivity contribution in [3.05, 3.63) is 101 Å². The van der Waals surface area contributed by atoms with Gasteiger partial charge in [0.05, 0.1) is 6.04 Å². The summed E-state index contributed by atoms with van der Waals surface area (Å²) in [5.41, 5.74) is 3.02. The Morgan fingerprint density at radius 3 is 2.29 bits per heavy atom. The summed E-state index contributed by atoms with van der Waals surface area (Å²) in [5.74, 6) is -0.436. The molecule has 0 saturated carbocycles. The van der Waals surface area contributed by atoms with Crippen LogP contribution in [-0.2, 0) is 16.1 Å². The first-order valence-electron chi connectivity index (χ1n) is 14.5. The van der Waals surface area contributed by atoms with Crippen LogP contribution < -0.4 is 15.4 Å². The van der Waals surface area contributed by atoms with Crippen molar-refractivity contribution in [2.75, 3.05) is 19.6 Å². The first kappa shape index (κ1) is 29.1. The number of carboxylic acid groups (broad SMARTS) is 1. The minimum absolute atomic E-state index is 0.0821. The van der Waals surface area contributed by atoms with Crippen LogP contribution >= 0.6 is 0 Å². The molecule has 0 spiro atoms. The highest BCUT2D eigenvalue weighted by molar-refractivity contribution is 5.96. The Kier molecular flexibility index (Phi) is 9.38. The fourth-order valence-corrected chi connectivity index (χ4v) is 5.62. The third-order valence-corrected chi connectivity index (χ3v) is 8.07. The molecule has 220 valence electrons. The fourth-order valence-electron chi connectivity index (χ4n) is 5.62. The molecular weight excluding hydrogens is 534 g/mol. The average Bonchev–Trinajstić information content (AvgIpc) is 3.02. The number of alkyl carbamates (subject to hydrolysis) is 1. The van der Waals surface area contributed by atoms with Crippen LogP contribution in [-0.4, -0.2) is 59.8 Å². The zero-order valence-electron chi connectivity index (χ0n) is 23.7. The molecule has 3 aromatic rings. The Labute approximate surface area is 245 Å². The summed E-state index contributed by atoms with van der Waals surface area (Å²) in [5, 5.41) is 14.8. The van der Waals surface area contributed by atoms with E-state index in [0.29, 0.717) is 23.7 Å². The van der Waals surface area contributed by atoms with Crippen LogP contribution in [0.15, 0.2) is 78.9 Å². The fraction of sp³-hybridized carbons (Fsp3) is 0.364. The lowest BCUT2D eigenvalue weighted by atomic mass is 9.86. The van der Waals surface area contributed by atoms with Gasteiger partial charge in [0.1, 0.15) is 24.5 Å². The van der Waals surface area contributed by atoms with Crippen LogP contribution in [0.3, 0.4) is 0 Å². The van der Waals surface area contributed by atoms with E-state index >= 15 is 0 Å². The van der Waals surface area contributed by atoms with Crippen LogP contribution in [0.2, 0.25) is 0 Å². The number of piperidine rings is 3. The predicted molar refractivity (Wildman–Crippen MR) is 157 cm³/mol. The number of ether oxygens (including phenoxy) is 2. The van der Waals surface area contributed by atoms with Crippen LogP contribution in [0.1, 0.15) is 59.3 Å². The van der Waals surface area contributed by atoms with Gasteiger partial charge in [0.15, 0.2) is 0 Å². The van der Waals surface area contributed by atoms with Crippen molar-refractivity contribution in [1.29, 1.82) is 0 Å². The first-order chi connectivity index (χ1) is 20.4. The molecule has 2 amide bonds. The summed E-state index contributed by atoms with van der Waals surface area (Å²) in [4.78, 5) is 39.1. The highest BCUT2D eigenvalue weighted by Crippen LogP contribution is 2.30. The second-order valence-corrected chi connectivity index (χ2v) is 10.9. The number of fused-ring (bicyclic) bond motifs is 3. The van der Waals surface area contributed by atoms with Crippen LogP contribution in [0.25, 0.3) is 0 Å². The first-order valence-corrected chi connectivity index (χ1v) is 14.5. The van der Waals surface area contributed by atoms with Gasteiger partial charge in [0.25, 0.3) is 5.91 Å². The lowest BCUT2D eigenvalue weighted by molar-refractivity contribution is -0.139. The Morgan fingerprint density at radius 1 is 0.929 bits per heavy atom. The average molecular weight is 572 g/mol. The molecule has 0 aromatic heterocycles. The van der Waals surface area contributed by atoms with Crippen LogP contribution in [0, 0.1) is 5.92 Å². The normalized spacial score (nSPS) is 20.6. The molecule has 9 nitrogen and oxygen atoms in total. The molecule has 3 fully saturated rings. The van der Waals surface area contributed by atoms with Gasteiger partial charge in [-0.3, -0.25) is 9.69 Å². The lowest BCUT2D eigenvalue weighted by Crippen LogP contribution is -2.52. The van der Waals surface area contributed by atoms with Crippen LogP contribution in [0.4, 0.5) is 4.79 Å². The van der Waals surface area contributed by atoms with Crippen molar-refractivity contribution in [3.63, 3.8) is 0 Å². The maximum Gasteiger partial charge on any atom is 0.408 e. The number of nitrogens with zero attached hydrogens (tertiary/aromatic N) is 1. The lowest BCUT2D eigenvalue weighted by Gasteiger charge is -2.43. The highest BCUT2D eigenvalue weighted by Gasteiger charge is 2.36. The second-order valence-electron chi connectivity index (χ2n) is 10.9. The van der Waals surface area contributed by atoms with Gasteiger partial charge in [-0.25, -0.2) is 9.59 Å². The van der Waals surface area contributed by atoms with Gasteiger partial charge in [-0.2, -0.15) is 0 Å². The zero-order valence-corrected chi connectivity index (χ0v) is 23.7. The molecule has 6 rings (SSSR count). The van der Waals surface area contributed by atoms with Crippen molar-refractivity contribution >= 4 is 18.0 Å². The molecule has 0 radical (unpaired) electrons. The molecule has 0 aliphatic carbocycles. The van der Waals surface area contributed by atoms with Crippen molar-refractivity contribution < 1.29 is 29.0 Å². The Hall–Kier alpha value is -4.37. The quantitative estimate of drug-likeness (QED) is 0.304. The van der Waals surface area contributed by atoms with E-state index in [4.69, 9.17) is 9.47 Å². The molecule has 42 heavy (non-hydrogen) atoms. The molecule has 3 atom stereocenters. The van der Waals surface area contributed by atoms with Gasteiger partial charge in [-0.15, -0.1) is 0 Å². The number of hydrogen-bond donors (Lipinski definition) is 3. The summed E-state index contributed by atoms with van der Waals surface area (Å²) in [7, 11) is 0. The van der Waals surface area contributed by atoms with E-state index in [1.807, 2.05) is 54.6 Å². The number of rotatable bonds is 11. The molecule has 3 N–H and O–H groups in total. The van der Waals surface area contributed by atoms with Crippen molar-refractivity contribution in [2.24, 2.45) is 5.92 Å². The monoisotopic (exact) mass is 571 g/mol. The molecule has 3 saturated heterocycles. The summed E-state index contributed by atoms with van der Waals surface area (Å²) in [6, 6.07) is 22.9. The number of benzene rings is 3. The highest BCUT2D eigenvalue weighted by atomic mass is 16.6. The molecule has 9 heteroatoms. The molecule has 2 bridgehead atoms. The van der Waals surface area contributed by atoms with Crippen molar-refractivity contribution in [1.82, 2.24) is 15.5 Å². The minimum atomic E-state index is -1.06. The Morgan fingerprint density at radius 2 is 1.64 bits per heavy atom. The van der Waals surface area contributed by atoms with E-state index in [1.165, 1.54) is 0 Å². The molecular formula is C33H37N3O6. The van der Waals surface area contributed by atoms with Crippen molar-refractivity contribution in [2.45, 2.75) is 51.0 Å². The maximum absolute atomic E-state index is 13.1. The van der Waals surface area contributed by atoms with Gasteiger partial charge in [-0.1, -0.05) is 61.5 Å². The zero-order chi connectivity index (χ0) is 29.5. The summed E-state index contributed by atoms with van der Waals surface area (Å²) in [6.45, 7) is 4.93. The number of nitrogens with one attached hydrogen (secondary N) is 2. The standard InChI is InChI=1S/C33H37N3O6/c1-2-28(32(38)39)34-31(37)25-13-11-22(12-14-25)21-41-27-10-6-9-26(19-27)30(24-7-4-3-5-8-24)35-33(40)42-29-20-36-17-15-23(29)16-18-36/h3-14,19,23,28-30H,2,15-18,20-21H2,1H3,(H,34,37)(H,35,40)(H,38,39)/t28?,29-,30?/m0/s1. The van der Waals surface area contributed by atoms with E-state index in [9.17, 15) is 19.5 Å². The predicted octanol–water partition coefficient (Wildman–Crippen LogP) is 4.77. The third-order valence-electron chi connectivity index (χ3n) is 8.07. The molecule has 3 heterocycles. The Bertz CT molecular complexity index is 1370. The van der Waals surface area contributed by atoms with E-state index in [1.54, 1.807) is 31.2 Å². The van der Waals surface area contributed by atoms with Gasteiger partial charge >= 0.3 is 12.1 Å². The number of hydrogen-bond acceptors (Lipinski definition) is 6. The summed E-state index contributed by atoms with van der Waals surface area (Å²) >= 11 is 0.